The van der Waals surface area contributed by atoms with E-state index in [2.05, 4.69) is 17.0 Å². The van der Waals surface area contributed by atoms with Gasteiger partial charge in [-0.05, 0) is 12.6 Å². The fourth-order valence-electron chi connectivity index (χ4n) is 3.11. The molecule has 134 valence electrons. The highest BCUT2D eigenvalue weighted by Gasteiger charge is 2.34. The second-order valence-electron chi connectivity index (χ2n) is 6.55. The van der Waals surface area contributed by atoms with E-state index in [4.69, 9.17) is 0 Å². The fraction of sp³-hybridized carbons (Fsp3) is 0.238. The van der Waals surface area contributed by atoms with Crippen LogP contribution in [0, 0.1) is 0 Å². The fourth-order valence-corrected chi connectivity index (χ4v) is 3.11. The van der Waals surface area contributed by atoms with Crippen LogP contribution in [0.15, 0.2) is 60.3 Å². The molecule has 2 aromatic carbocycles. The molecule has 1 aliphatic carbocycles. The van der Waals surface area contributed by atoms with Gasteiger partial charge in [-0.3, -0.25) is 9.59 Å². The Labute approximate surface area is 153 Å². The van der Waals surface area contributed by atoms with Crippen molar-refractivity contribution >= 4 is 17.3 Å². The average Bonchev–Trinajstić information content (AvgIpc) is 2.65. The van der Waals surface area contributed by atoms with Gasteiger partial charge >= 0.3 is 0 Å². The summed E-state index contributed by atoms with van der Waals surface area (Å²) < 4.78 is 0. The van der Waals surface area contributed by atoms with Gasteiger partial charge in [0.1, 0.15) is 5.70 Å². The van der Waals surface area contributed by atoms with Crippen molar-refractivity contribution < 1.29 is 14.7 Å². The van der Waals surface area contributed by atoms with Crippen LogP contribution in [0.25, 0.3) is 5.76 Å². The van der Waals surface area contributed by atoms with Gasteiger partial charge in [-0.15, -0.1) is 0 Å². The van der Waals surface area contributed by atoms with Crippen LogP contribution in [0.1, 0.15) is 21.5 Å². The van der Waals surface area contributed by atoms with Gasteiger partial charge in [-0.2, -0.15) is 0 Å². The zero-order chi connectivity index (χ0) is 18.7. The largest absolute Gasteiger partial charge is 0.505 e. The highest BCUT2D eigenvalue weighted by atomic mass is 16.3. The maximum atomic E-state index is 12.5. The normalized spacial score (nSPS) is 14.0. The van der Waals surface area contributed by atoms with Gasteiger partial charge in [0.2, 0.25) is 5.78 Å². The maximum Gasteiger partial charge on any atom is 0.253 e. The number of aliphatic hydroxyl groups is 1. The van der Waals surface area contributed by atoms with E-state index >= 15 is 0 Å². The molecule has 0 bridgehead atoms. The van der Waals surface area contributed by atoms with Gasteiger partial charge in [-0.1, -0.05) is 54.6 Å². The van der Waals surface area contributed by atoms with E-state index in [-0.39, 0.29) is 17.0 Å². The van der Waals surface area contributed by atoms with Crippen molar-refractivity contribution in [2.45, 2.75) is 6.54 Å². The van der Waals surface area contributed by atoms with Gasteiger partial charge < -0.3 is 14.9 Å². The summed E-state index contributed by atoms with van der Waals surface area (Å²) in [7, 11) is 3.72. The van der Waals surface area contributed by atoms with Crippen molar-refractivity contribution in [1.82, 2.24) is 9.80 Å². The predicted octanol–water partition coefficient (Wildman–Crippen LogP) is 2.74. The Kier molecular flexibility index (Phi) is 5.19. The third-order valence-corrected chi connectivity index (χ3v) is 4.57. The lowest BCUT2D eigenvalue weighted by molar-refractivity contribution is -0.113. The minimum atomic E-state index is -0.658. The molecule has 1 N–H and O–H groups in total. The molecule has 0 atom stereocenters. The number of ketones is 2. The lowest BCUT2D eigenvalue weighted by Gasteiger charge is -2.28. The number of nitrogens with zero attached hydrogens (tertiary/aromatic N) is 2. The summed E-state index contributed by atoms with van der Waals surface area (Å²) in [6.45, 7) is 1.99. The molecule has 3 rings (SSSR count). The van der Waals surface area contributed by atoms with E-state index in [9.17, 15) is 14.7 Å². The Bertz CT molecular complexity index is 859. The average molecular weight is 350 g/mol. The first-order valence-corrected chi connectivity index (χ1v) is 8.54. The molecule has 0 aromatic heterocycles. The Morgan fingerprint density at radius 3 is 2.12 bits per heavy atom. The molecule has 0 unspecified atom stereocenters. The minimum Gasteiger partial charge on any atom is -0.505 e. The molecule has 0 aliphatic heterocycles. The lowest BCUT2D eigenvalue weighted by atomic mass is 9.91. The summed E-state index contributed by atoms with van der Waals surface area (Å²) in [6, 6.07) is 16.8. The first-order chi connectivity index (χ1) is 12.5. The molecule has 5 heteroatoms. The first kappa shape index (κ1) is 17.9. The standard InChI is InChI=1S/C21H22N2O3/c1-22(14-15-8-4-3-5-9-15)12-13-23(2)18-19(24)16-10-6-7-11-17(16)20(25)21(18)26/h3-11,24H,12-14H2,1-2H3. The molecule has 0 saturated carbocycles. The summed E-state index contributed by atoms with van der Waals surface area (Å²) >= 11 is 0. The Balaban J connectivity index is 1.72. The van der Waals surface area contributed by atoms with E-state index in [1.165, 1.54) is 5.56 Å². The van der Waals surface area contributed by atoms with Crippen LogP contribution in [0.4, 0.5) is 0 Å². The van der Waals surface area contributed by atoms with Gasteiger partial charge in [0.05, 0.1) is 0 Å². The molecule has 0 saturated heterocycles. The number of rotatable bonds is 6. The van der Waals surface area contributed by atoms with Gasteiger partial charge in [-0.25, -0.2) is 0 Å². The second kappa shape index (κ2) is 7.54. The zero-order valence-corrected chi connectivity index (χ0v) is 15.0. The molecule has 5 nitrogen and oxygen atoms in total. The molecular weight excluding hydrogens is 328 g/mol. The van der Waals surface area contributed by atoms with Gasteiger partial charge in [0, 0.05) is 37.8 Å². The molecular formula is C21H22N2O3. The van der Waals surface area contributed by atoms with E-state index in [1.54, 1.807) is 36.2 Å². The van der Waals surface area contributed by atoms with Crippen molar-refractivity contribution in [3.63, 3.8) is 0 Å². The summed E-state index contributed by atoms with van der Waals surface area (Å²) in [5.41, 5.74) is 1.95. The predicted molar refractivity (Wildman–Crippen MR) is 101 cm³/mol. The number of fused-ring (bicyclic) bond motifs is 1. The van der Waals surface area contributed by atoms with Crippen molar-refractivity contribution in [2.24, 2.45) is 0 Å². The van der Waals surface area contributed by atoms with Crippen LogP contribution in [-0.2, 0) is 11.3 Å². The second-order valence-corrected chi connectivity index (χ2v) is 6.55. The highest BCUT2D eigenvalue weighted by molar-refractivity contribution is 6.52. The topological polar surface area (TPSA) is 60.9 Å². The van der Waals surface area contributed by atoms with E-state index in [0.717, 1.165) is 6.54 Å². The molecule has 2 aromatic rings. The molecule has 0 heterocycles. The van der Waals surface area contributed by atoms with Crippen LogP contribution in [0.2, 0.25) is 0 Å². The number of allylic oxidation sites excluding steroid dienone is 1. The zero-order valence-electron chi connectivity index (χ0n) is 15.0. The number of benzene rings is 2. The lowest BCUT2D eigenvalue weighted by Crippen LogP contribution is -2.37. The molecule has 0 fully saturated rings. The molecule has 26 heavy (non-hydrogen) atoms. The van der Waals surface area contributed by atoms with Crippen LogP contribution in [0.5, 0.6) is 0 Å². The summed E-state index contributed by atoms with van der Waals surface area (Å²) in [5, 5.41) is 10.5. The van der Waals surface area contributed by atoms with Crippen LogP contribution < -0.4 is 0 Å². The molecule has 0 radical (unpaired) electrons. The number of carbonyl (C=O) groups excluding carboxylic acids is 2. The summed E-state index contributed by atoms with van der Waals surface area (Å²) in [4.78, 5) is 28.6. The number of hydrogen-bond donors (Lipinski definition) is 1. The van der Waals surface area contributed by atoms with Crippen molar-refractivity contribution in [2.75, 3.05) is 27.2 Å². The minimum absolute atomic E-state index is 0.0711. The number of Topliss-reactive ketones (excluding diaryl/α,β-unsaturated/α-hetero) is 2. The van der Waals surface area contributed by atoms with Crippen LogP contribution >= 0.6 is 0 Å². The maximum absolute atomic E-state index is 12.5. The van der Waals surface area contributed by atoms with Gasteiger partial charge in [0.25, 0.3) is 5.78 Å². The quantitative estimate of drug-likeness (QED) is 0.812. The van der Waals surface area contributed by atoms with E-state index < -0.39 is 11.6 Å². The molecule has 1 aliphatic rings. The number of carbonyl (C=O) groups is 2. The van der Waals surface area contributed by atoms with Crippen molar-refractivity contribution in [3.05, 3.63) is 77.0 Å². The monoisotopic (exact) mass is 350 g/mol. The van der Waals surface area contributed by atoms with Crippen LogP contribution in [0.3, 0.4) is 0 Å². The Hall–Kier alpha value is -2.92. The van der Waals surface area contributed by atoms with Crippen molar-refractivity contribution in [3.8, 4) is 0 Å². The smallest absolute Gasteiger partial charge is 0.253 e. The SMILES string of the molecule is CN(CCN(C)C1=C(O)c2ccccc2C(=O)C1=O)Cc1ccccc1. The highest BCUT2D eigenvalue weighted by Crippen LogP contribution is 2.28. The van der Waals surface area contributed by atoms with Gasteiger partial charge in [0.15, 0.2) is 5.76 Å². The third kappa shape index (κ3) is 3.53. The summed E-state index contributed by atoms with van der Waals surface area (Å²) in [5.74, 6) is -1.36. The Morgan fingerprint density at radius 2 is 1.42 bits per heavy atom. The number of hydrogen-bond acceptors (Lipinski definition) is 5. The number of aliphatic hydroxyl groups excluding tert-OH is 1. The van der Waals surface area contributed by atoms with E-state index in [1.807, 2.05) is 25.2 Å². The number of likely N-dealkylation sites (N-methyl/N-ethyl adjacent to an activating group) is 2. The molecule has 0 amide bonds. The molecule has 0 spiro atoms. The Morgan fingerprint density at radius 1 is 0.808 bits per heavy atom. The first-order valence-electron chi connectivity index (χ1n) is 8.54. The summed E-state index contributed by atoms with van der Waals surface area (Å²) in [6.07, 6.45) is 0. The van der Waals surface area contributed by atoms with E-state index in [0.29, 0.717) is 18.7 Å². The van der Waals surface area contributed by atoms with Crippen molar-refractivity contribution in [1.29, 1.82) is 0 Å². The van der Waals surface area contributed by atoms with Crippen LogP contribution in [-0.4, -0.2) is 53.7 Å². The third-order valence-electron chi connectivity index (χ3n) is 4.57.